The van der Waals surface area contributed by atoms with E-state index >= 15 is 8.78 Å². The van der Waals surface area contributed by atoms with Gasteiger partial charge in [0.05, 0.1) is 35.7 Å². The van der Waals surface area contributed by atoms with Crippen LogP contribution >= 0.6 is 0 Å². The van der Waals surface area contributed by atoms with Gasteiger partial charge in [-0.1, -0.05) is 30.3 Å². The molecule has 40 heavy (non-hydrogen) atoms. The molecule has 14 heteroatoms. The second-order valence-corrected chi connectivity index (χ2v) is 9.03. The highest BCUT2D eigenvalue weighted by molar-refractivity contribution is 5.99. The van der Waals surface area contributed by atoms with E-state index in [4.69, 9.17) is 4.74 Å². The number of carbonyl (C=O) groups is 2. The van der Waals surface area contributed by atoms with Crippen molar-refractivity contribution < 1.29 is 41.0 Å². The van der Waals surface area contributed by atoms with Crippen molar-refractivity contribution in [1.29, 1.82) is 0 Å². The van der Waals surface area contributed by atoms with Crippen LogP contribution in [-0.4, -0.2) is 68.0 Å². The molecule has 1 aliphatic heterocycles. The lowest BCUT2D eigenvalue weighted by atomic mass is 10.00. The van der Waals surface area contributed by atoms with Gasteiger partial charge in [0, 0.05) is 18.4 Å². The van der Waals surface area contributed by atoms with Crippen molar-refractivity contribution in [2.75, 3.05) is 13.1 Å². The van der Waals surface area contributed by atoms with Gasteiger partial charge in [0.15, 0.2) is 11.9 Å². The Morgan fingerprint density at radius 1 is 1.05 bits per heavy atom. The summed E-state index contributed by atoms with van der Waals surface area (Å²) in [7, 11) is 0. The van der Waals surface area contributed by atoms with Gasteiger partial charge in [0.2, 0.25) is 0 Å². The highest BCUT2D eigenvalue weighted by Crippen LogP contribution is 2.37. The van der Waals surface area contributed by atoms with E-state index in [1.54, 1.807) is 37.3 Å². The number of esters is 1. The van der Waals surface area contributed by atoms with E-state index in [-0.39, 0.29) is 23.0 Å². The van der Waals surface area contributed by atoms with E-state index in [2.05, 4.69) is 19.9 Å². The fraction of sp³-hybridized carbons (Fsp3) is 0.269. The van der Waals surface area contributed by atoms with Gasteiger partial charge in [-0.15, -0.1) is 0 Å². The fourth-order valence-corrected chi connectivity index (χ4v) is 4.30. The third-order valence-corrected chi connectivity index (χ3v) is 6.30. The lowest BCUT2D eigenvalue weighted by Gasteiger charge is -2.38. The molecule has 2 aromatic carbocycles. The third kappa shape index (κ3) is 5.28. The summed E-state index contributed by atoms with van der Waals surface area (Å²) in [6.07, 6.45) is -5.33. The van der Waals surface area contributed by atoms with E-state index in [1.807, 2.05) is 0 Å². The summed E-state index contributed by atoms with van der Waals surface area (Å²) >= 11 is 0. The quantitative estimate of drug-likeness (QED) is 0.261. The molecule has 2 aromatic heterocycles. The lowest BCUT2D eigenvalue weighted by Crippen LogP contribution is -2.55. The van der Waals surface area contributed by atoms with Gasteiger partial charge in [-0.05, 0) is 30.7 Å². The molecule has 5 rings (SSSR count). The number of hydrogen-bond acceptors (Lipinski definition) is 7. The summed E-state index contributed by atoms with van der Waals surface area (Å²) in [6, 6.07) is 12.1. The number of piperidine rings is 1. The summed E-state index contributed by atoms with van der Waals surface area (Å²) in [6.45, 7) is 0.716. The molecule has 1 aliphatic rings. The first-order valence-electron chi connectivity index (χ1n) is 11.9. The van der Waals surface area contributed by atoms with Crippen LogP contribution in [0.4, 0.5) is 22.0 Å². The Hall–Kier alpha value is -4.62. The van der Waals surface area contributed by atoms with Crippen LogP contribution in [0.15, 0.2) is 60.9 Å². The van der Waals surface area contributed by atoms with Crippen LogP contribution in [0.25, 0.3) is 16.6 Å². The van der Waals surface area contributed by atoms with Gasteiger partial charge >= 0.3 is 12.1 Å². The van der Waals surface area contributed by atoms with E-state index in [9.17, 15) is 22.8 Å². The smallest absolute Gasteiger partial charge is 0.463 e. The van der Waals surface area contributed by atoms with Gasteiger partial charge in [0.25, 0.3) is 17.7 Å². The summed E-state index contributed by atoms with van der Waals surface area (Å²) in [5, 5.41) is 8.37. The summed E-state index contributed by atoms with van der Waals surface area (Å²) in [5.74, 6) is -8.18. The van der Waals surface area contributed by atoms with Gasteiger partial charge in [-0.3, -0.25) is 4.79 Å². The fourth-order valence-electron chi connectivity index (χ4n) is 4.30. The van der Waals surface area contributed by atoms with Gasteiger partial charge < -0.3 is 14.4 Å². The molecule has 0 radical (unpaired) electrons. The molecule has 3 heterocycles. The van der Waals surface area contributed by atoms with Crippen molar-refractivity contribution in [1.82, 2.24) is 24.9 Å². The number of hydrogen-bond donors (Lipinski definition) is 0. The summed E-state index contributed by atoms with van der Waals surface area (Å²) < 4.78 is 78.8. The Balaban J connectivity index is 1.47. The van der Waals surface area contributed by atoms with E-state index in [0.717, 1.165) is 11.0 Å². The van der Waals surface area contributed by atoms with E-state index in [1.165, 1.54) is 29.3 Å². The van der Waals surface area contributed by atoms with Crippen molar-refractivity contribution >= 4 is 22.8 Å². The minimum atomic E-state index is -5.35. The molecule has 0 aliphatic carbocycles. The minimum Gasteiger partial charge on any atom is -0.463 e. The molecule has 208 valence electrons. The Kier molecular flexibility index (Phi) is 6.85. The molecule has 0 bridgehead atoms. The van der Waals surface area contributed by atoms with Crippen LogP contribution in [0, 0.1) is 6.92 Å². The van der Waals surface area contributed by atoms with Crippen LogP contribution in [0.1, 0.15) is 22.3 Å². The maximum Gasteiger partial charge on any atom is 0.491 e. The van der Waals surface area contributed by atoms with Gasteiger partial charge in [0.1, 0.15) is 0 Å². The average Bonchev–Trinajstić information content (AvgIpc) is 3.44. The Bertz CT molecular complexity index is 1580. The molecule has 0 N–H and O–H groups in total. The van der Waals surface area contributed by atoms with Crippen LogP contribution in [0.2, 0.25) is 0 Å². The second-order valence-electron chi connectivity index (χ2n) is 9.03. The number of aryl methyl sites for hydroxylation is 1. The molecule has 0 spiro atoms. The molecule has 0 saturated carbocycles. The first kappa shape index (κ1) is 27.0. The number of para-hydroxylation sites is 1. The normalized spacial score (nSPS) is 17.1. The number of alkyl halides is 5. The van der Waals surface area contributed by atoms with Crippen molar-refractivity contribution in [2.24, 2.45) is 0 Å². The number of fused-ring (bicyclic) bond motifs is 1. The molecule has 9 nitrogen and oxygen atoms in total. The first-order chi connectivity index (χ1) is 18.9. The largest absolute Gasteiger partial charge is 0.491 e. The summed E-state index contributed by atoms with van der Waals surface area (Å²) in [4.78, 5) is 31.6. The molecular weight excluding hydrogens is 541 g/mol. The maximum atomic E-state index is 15.1. The van der Waals surface area contributed by atoms with Crippen LogP contribution < -0.4 is 9.47 Å². The Morgan fingerprint density at radius 2 is 1.77 bits per heavy atom. The lowest BCUT2D eigenvalue weighted by molar-refractivity contribution is -0.190. The number of rotatable bonds is 5. The number of pyridine rings is 1. The van der Waals surface area contributed by atoms with E-state index < -0.39 is 54.7 Å². The minimum absolute atomic E-state index is 0.186. The van der Waals surface area contributed by atoms with Gasteiger partial charge in [-0.2, -0.15) is 28.2 Å². The van der Waals surface area contributed by atoms with Crippen LogP contribution in [-0.2, 0) is 4.79 Å². The van der Waals surface area contributed by atoms with Gasteiger partial charge in [-0.25, -0.2) is 18.6 Å². The topological polar surface area (TPSA) is 99.4 Å². The number of benzene rings is 2. The first-order valence-corrected chi connectivity index (χ1v) is 11.9. The third-order valence-electron chi connectivity index (χ3n) is 6.30. The molecule has 4 aromatic rings. The molecule has 1 saturated heterocycles. The predicted octanol–water partition coefficient (Wildman–Crippen LogP) is 4.52. The monoisotopic (exact) mass is 561 g/mol. The van der Waals surface area contributed by atoms with Crippen molar-refractivity contribution in [3.63, 3.8) is 0 Å². The average molecular weight is 561 g/mol. The molecule has 1 atom stereocenters. The maximum absolute atomic E-state index is 15.1. The summed E-state index contributed by atoms with van der Waals surface area (Å²) in [5.41, 5.74) is 1.27. The number of likely N-dealkylation sites (tertiary alicyclic amines) is 1. The van der Waals surface area contributed by atoms with Crippen molar-refractivity contribution in [3.05, 3.63) is 72.1 Å². The molecule has 1 unspecified atom stereocenters. The zero-order valence-electron chi connectivity index (χ0n) is 20.7. The SMILES string of the molecule is Cc1cccc(-n2nccn2)c1C(=O)N1CCC(F)(F)C(Oc2nc3ccccc3cc2OC(=O)C(F)(F)F)C1. The highest BCUT2D eigenvalue weighted by Gasteiger charge is 2.48. The highest BCUT2D eigenvalue weighted by atomic mass is 19.4. The number of halogens is 5. The van der Waals surface area contributed by atoms with Crippen molar-refractivity contribution in [2.45, 2.75) is 31.5 Å². The Labute approximate surface area is 223 Å². The number of aromatic nitrogens is 4. The molecular formula is C26H20F5N5O4. The predicted molar refractivity (Wildman–Crippen MR) is 129 cm³/mol. The Morgan fingerprint density at radius 3 is 2.50 bits per heavy atom. The molecule has 1 amide bonds. The zero-order chi connectivity index (χ0) is 28.7. The number of amides is 1. The second kappa shape index (κ2) is 10.2. The van der Waals surface area contributed by atoms with Crippen LogP contribution in [0.3, 0.4) is 0 Å². The zero-order valence-corrected chi connectivity index (χ0v) is 20.7. The van der Waals surface area contributed by atoms with Crippen molar-refractivity contribution in [3.8, 4) is 17.3 Å². The van der Waals surface area contributed by atoms with Crippen LogP contribution in [0.5, 0.6) is 11.6 Å². The standard InChI is InChI=1S/C26H20F5N5O4/c1-15-5-4-8-18(36-32-10-11-33-36)21(15)23(37)35-12-9-25(27,28)20(14-35)40-22-19(39-24(38)26(29,30)31)13-16-6-2-3-7-17(16)34-22/h2-8,10-11,13,20H,9,12,14H2,1H3. The number of nitrogens with zero attached hydrogens (tertiary/aromatic N) is 5. The number of carbonyl (C=O) groups excluding carboxylic acids is 2. The number of ether oxygens (including phenoxy) is 2. The molecule has 1 fully saturated rings. The van der Waals surface area contributed by atoms with E-state index in [0.29, 0.717) is 11.3 Å².